The molecule has 0 saturated carbocycles. The Morgan fingerprint density at radius 2 is 1.72 bits per heavy atom. The largest absolute Gasteiger partial charge is 0.490 e. The van der Waals surface area contributed by atoms with Crippen LogP contribution >= 0.6 is 23.2 Å². The zero-order valence-corrected chi connectivity index (χ0v) is 22.3. The molecule has 9 nitrogen and oxygen atoms in total. The lowest BCUT2D eigenvalue weighted by Crippen LogP contribution is -2.54. The molecule has 0 aromatic heterocycles. The molecule has 1 aliphatic heterocycles. The van der Waals surface area contributed by atoms with Crippen molar-refractivity contribution in [1.29, 1.82) is 0 Å². The van der Waals surface area contributed by atoms with Crippen LogP contribution in [0.25, 0.3) is 6.08 Å². The highest BCUT2D eigenvalue weighted by molar-refractivity contribution is 6.39. The van der Waals surface area contributed by atoms with E-state index in [2.05, 4.69) is 5.32 Å². The number of rotatable bonds is 8. The predicted molar refractivity (Wildman–Crippen MR) is 146 cm³/mol. The number of carboxylic acids is 1. The average molecular weight is 569 g/mol. The molecule has 1 saturated heterocycles. The molecule has 0 spiro atoms. The lowest BCUT2D eigenvalue weighted by atomic mass is 10.1. The number of halogens is 2. The number of benzene rings is 3. The summed E-state index contributed by atoms with van der Waals surface area (Å²) in [7, 11) is 0. The second-order valence-corrected chi connectivity index (χ2v) is 9.26. The maximum absolute atomic E-state index is 13.2. The third kappa shape index (κ3) is 6.05. The van der Waals surface area contributed by atoms with E-state index in [1.54, 1.807) is 44.2 Å². The van der Waals surface area contributed by atoms with Gasteiger partial charge in [-0.15, -0.1) is 0 Å². The van der Waals surface area contributed by atoms with Crippen LogP contribution in [0.5, 0.6) is 11.5 Å². The van der Waals surface area contributed by atoms with Crippen LogP contribution in [0.4, 0.5) is 10.5 Å². The summed E-state index contributed by atoms with van der Waals surface area (Å²) >= 11 is 12.7. The third-order valence-electron chi connectivity index (χ3n) is 5.74. The number of anilines is 1. The number of nitrogens with zero attached hydrogens (tertiary/aromatic N) is 1. The topological polar surface area (TPSA) is 122 Å². The van der Waals surface area contributed by atoms with Gasteiger partial charge in [0.05, 0.1) is 22.9 Å². The van der Waals surface area contributed by atoms with Gasteiger partial charge < -0.3 is 14.6 Å². The van der Waals surface area contributed by atoms with Gasteiger partial charge in [-0.3, -0.25) is 14.9 Å². The molecule has 0 radical (unpaired) electrons. The molecule has 3 aromatic rings. The number of hydrogen-bond donors (Lipinski definition) is 2. The molecule has 11 heteroatoms. The Labute approximate surface area is 233 Å². The highest BCUT2D eigenvalue weighted by Crippen LogP contribution is 2.38. The monoisotopic (exact) mass is 568 g/mol. The SMILES string of the molecule is CCOc1cc(/C=C2/C(=O)NC(=O)N(c3ccc(C)c(Cl)c3)C2=O)cc(Cl)c1OCc1ccc(C(=O)O)cc1. The zero-order valence-electron chi connectivity index (χ0n) is 20.8. The first-order valence-corrected chi connectivity index (χ1v) is 12.4. The minimum atomic E-state index is -1.03. The summed E-state index contributed by atoms with van der Waals surface area (Å²) in [6.45, 7) is 3.90. The normalized spacial score (nSPS) is 14.4. The smallest absolute Gasteiger partial charge is 0.335 e. The number of aromatic carboxylic acids is 1. The Balaban J connectivity index is 1.63. The summed E-state index contributed by atoms with van der Waals surface area (Å²) in [5, 5.41) is 11.7. The molecule has 39 heavy (non-hydrogen) atoms. The highest BCUT2D eigenvalue weighted by atomic mass is 35.5. The maximum Gasteiger partial charge on any atom is 0.335 e. The minimum Gasteiger partial charge on any atom is -0.490 e. The Bertz CT molecular complexity index is 1520. The van der Waals surface area contributed by atoms with Crippen LogP contribution < -0.4 is 19.7 Å². The number of nitrogens with one attached hydrogen (secondary N) is 1. The first kappa shape index (κ1) is 27.7. The fraction of sp³-hybridized carbons (Fsp3) is 0.143. The third-order valence-corrected chi connectivity index (χ3v) is 6.43. The van der Waals surface area contributed by atoms with E-state index in [1.807, 2.05) is 0 Å². The van der Waals surface area contributed by atoms with Crippen molar-refractivity contribution in [3.05, 3.63) is 92.5 Å². The van der Waals surface area contributed by atoms with E-state index in [4.69, 9.17) is 37.8 Å². The van der Waals surface area contributed by atoms with Crippen molar-refractivity contribution in [1.82, 2.24) is 5.32 Å². The fourth-order valence-corrected chi connectivity index (χ4v) is 4.20. The standard InChI is InChI=1S/C28H22Cl2N2O7/c1-3-38-23-12-17(11-22(30)24(23)39-14-16-5-7-18(8-6-16)27(35)36)10-20-25(33)31-28(37)32(26(20)34)19-9-4-15(2)21(29)13-19/h4-13H,3,14H2,1-2H3,(H,35,36)(H,31,33,37)/b20-10-. The number of carbonyl (C=O) groups is 4. The number of hydrogen-bond acceptors (Lipinski definition) is 6. The molecule has 200 valence electrons. The van der Waals surface area contributed by atoms with Crippen LogP contribution in [0.3, 0.4) is 0 Å². The molecule has 4 rings (SSSR count). The first-order chi connectivity index (χ1) is 18.6. The van der Waals surface area contributed by atoms with Crippen molar-refractivity contribution in [2.24, 2.45) is 0 Å². The molecule has 2 N–H and O–H groups in total. The van der Waals surface area contributed by atoms with Gasteiger partial charge in [-0.2, -0.15) is 0 Å². The number of imide groups is 2. The number of aryl methyl sites for hydroxylation is 1. The Hall–Kier alpha value is -4.34. The van der Waals surface area contributed by atoms with Gasteiger partial charge in [0.2, 0.25) is 0 Å². The van der Waals surface area contributed by atoms with E-state index >= 15 is 0 Å². The van der Waals surface area contributed by atoms with Gasteiger partial charge in [-0.25, -0.2) is 14.5 Å². The summed E-state index contributed by atoms with van der Waals surface area (Å²) in [5.41, 5.74) is 1.88. The summed E-state index contributed by atoms with van der Waals surface area (Å²) in [6.07, 6.45) is 1.30. The van der Waals surface area contributed by atoms with Gasteiger partial charge in [-0.1, -0.05) is 41.4 Å². The molecule has 0 atom stereocenters. The van der Waals surface area contributed by atoms with Gasteiger partial charge >= 0.3 is 12.0 Å². The van der Waals surface area contributed by atoms with Crippen LogP contribution in [-0.4, -0.2) is 35.5 Å². The zero-order chi connectivity index (χ0) is 28.3. The summed E-state index contributed by atoms with van der Waals surface area (Å²) in [4.78, 5) is 50.2. The van der Waals surface area contributed by atoms with Crippen LogP contribution in [0.2, 0.25) is 10.0 Å². The van der Waals surface area contributed by atoms with Gasteiger partial charge in [0.25, 0.3) is 11.8 Å². The molecule has 1 aliphatic rings. The number of carbonyl (C=O) groups excluding carboxylic acids is 3. The number of ether oxygens (including phenoxy) is 2. The number of barbiturate groups is 1. The molecular weight excluding hydrogens is 547 g/mol. The lowest BCUT2D eigenvalue weighted by molar-refractivity contribution is -0.122. The van der Waals surface area contributed by atoms with Gasteiger partial charge in [0.15, 0.2) is 11.5 Å². The van der Waals surface area contributed by atoms with E-state index in [9.17, 15) is 19.2 Å². The Morgan fingerprint density at radius 1 is 1.00 bits per heavy atom. The summed E-state index contributed by atoms with van der Waals surface area (Å²) in [5.74, 6) is -2.23. The van der Waals surface area contributed by atoms with Crippen molar-refractivity contribution in [3.8, 4) is 11.5 Å². The number of urea groups is 1. The lowest BCUT2D eigenvalue weighted by Gasteiger charge is -2.26. The first-order valence-electron chi connectivity index (χ1n) is 11.7. The van der Waals surface area contributed by atoms with Crippen molar-refractivity contribution in [2.75, 3.05) is 11.5 Å². The summed E-state index contributed by atoms with van der Waals surface area (Å²) < 4.78 is 11.6. The molecule has 0 bridgehead atoms. The molecule has 0 aliphatic carbocycles. The maximum atomic E-state index is 13.2. The second kappa shape index (κ2) is 11.6. The van der Waals surface area contributed by atoms with E-state index < -0.39 is 23.8 Å². The highest BCUT2D eigenvalue weighted by Gasteiger charge is 2.37. The Morgan fingerprint density at radius 3 is 2.36 bits per heavy atom. The van der Waals surface area contributed by atoms with Crippen molar-refractivity contribution >= 4 is 58.8 Å². The number of amides is 4. The quantitative estimate of drug-likeness (QED) is 0.266. The van der Waals surface area contributed by atoms with E-state index in [0.29, 0.717) is 16.1 Å². The Kier molecular flexibility index (Phi) is 8.23. The van der Waals surface area contributed by atoms with E-state index in [-0.39, 0.29) is 46.6 Å². The minimum absolute atomic E-state index is 0.0806. The molecule has 4 amide bonds. The van der Waals surface area contributed by atoms with Crippen LogP contribution in [0.1, 0.15) is 34.0 Å². The van der Waals surface area contributed by atoms with E-state index in [0.717, 1.165) is 10.5 Å². The van der Waals surface area contributed by atoms with Crippen molar-refractivity contribution < 1.29 is 33.8 Å². The van der Waals surface area contributed by atoms with Crippen molar-refractivity contribution in [2.45, 2.75) is 20.5 Å². The number of carboxylic acid groups (broad SMARTS) is 1. The second-order valence-electron chi connectivity index (χ2n) is 8.45. The van der Waals surface area contributed by atoms with Gasteiger partial charge in [-0.05, 0) is 73.0 Å². The molecule has 1 heterocycles. The molecule has 3 aromatic carbocycles. The molecular formula is C28H22Cl2N2O7. The predicted octanol–water partition coefficient (Wildman–Crippen LogP) is 5.64. The molecule has 1 fully saturated rings. The van der Waals surface area contributed by atoms with Crippen LogP contribution in [0, 0.1) is 6.92 Å². The van der Waals surface area contributed by atoms with Gasteiger partial charge in [0, 0.05) is 5.02 Å². The van der Waals surface area contributed by atoms with Gasteiger partial charge in [0.1, 0.15) is 12.2 Å². The molecule has 0 unspecified atom stereocenters. The van der Waals surface area contributed by atoms with Crippen LogP contribution in [0.15, 0.2) is 60.2 Å². The average Bonchev–Trinajstić information content (AvgIpc) is 2.88. The fourth-order valence-electron chi connectivity index (χ4n) is 3.75. The summed E-state index contributed by atoms with van der Waals surface area (Å²) in [6, 6.07) is 13.0. The van der Waals surface area contributed by atoms with Crippen molar-refractivity contribution in [3.63, 3.8) is 0 Å². The van der Waals surface area contributed by atoms with E-state index in [1.165, 1.54) is 30.3 Å². The van der Waals surface area contributed by atoms with Crippen LogP contribution in [-0.2, 0) is 16.2 Å².